The van der Waals surface area contributed by atoms with Gasteiger partial charge in [0.05, 0.1) is 0 Å². The minimum absolute atomic E-state index is 0.150. The van der Waals surface area contributed by atoms with Crippen molar-refractivity contribution in [3.63, 3.8) is 0 Å². The summed E-state index contributed by atoms with van der Waals surface area (Å²) in [4.78, 5) is 12.0. The van der Waals surface area contributed by atoms with Crippen molar-refractivity contribution in [1.82, 2.24) is 0 Å². The smallest absolute Gasteiger partial charge is 0.248 e. The molecule has 0 aliphatic heterocycles. The molecule has 1 N–H and O–H groups in total. The zero-order chi connectivity index (χ0) is 15.2. The Morgan fingerprint density at radius 1 is 1.14 bits per heavy atom. The molecule has 0 aromatic heterocycles. The normalized spacial score (nSPS) is 11.0. The Bertz CT molecular complexity index is 662. The van der Waals surface area contributed by atoms with Gasteiger partial charge in [0.1, 0.15) is 0 Å². The van der Waals surface area contributed by atoms with Crippen LogP contribution in [0.2, 0.25) is 5.02 Å². The van der Waals surface area contributed by atoms with Crippen LogP contribution < -0.4 is 5.32 Å². The van der Waals surface area contributed by atoms with Crippen LogP contribution in [0.4, 0.5) is 5.69 Å². The van der Waals surface area contributed by atoms with Gasteiger partial charge in [-0.15, -0.1) is 0 Å². The molecule has 0 unspecified atom stereocenters. The van der Waals surface area contributed by atoms with E-state index in [0.717, 1.165) is 16.8 Å². The quantitative estimate of drug-likeness (QED) is 0.780. The number of halogens is 1. The molecule has 0 saturated carbocycles. The molecule has 0 radical (unpaired) electrons. The third-order valence-corrected chi connectivity index (χ3v) is 3.35. The van der Waals surface area contributed by atoms with Crippen molar-refractivity contribution >= 4 is 29.3 Å². The molecule has 108 valence electrons. The third kappa shape index (κ3) is 4.47. The SMILES string of the molecule is CC(C)c1ccccc1NC(=O)/C=C/c1cccc(Cl)c1. The second-order valence-corrected chi connectivity index (χ2v) is 5.56. The first-order valence-electron chi connectivity index (χ1n) is 6.90. The molecular formula is C18H18ClNO. The highest BCUT2D eigenvalue weighted by molar-refractivity contribution is 6.30. The molecule has 2 nitrogen and oxygen atoms in total. The summed E-state index contributed by atoms with van der Waals surface area (Å²) >= 11 is 5.91. The maximum atomic E-state index is 12.0. The molecule has 21 heavy (non-hydrogen) atoms. The van der Waals surface area contributed by atoms with Crippen LogP contribution in [0.3, 0.4) is 0 Å². The first-order chi connectivity index (χ1) is 10.1. The molecule has 1 amide bonds. The number of para-hydroxylation sites is 1. The number of carbonyl (C=O) groups is 1. The number of rotatable bonds is 4. The van der Waals surface area contributed by atoms with Crippen LogP contribution in [0.15, 0.2) is 54.6 Å². The van der Waals surface area contributed by atoms with E-state index in [1.807, 2.05) is 42.5 Å². The van der Waals surface area contributed by atoms with Gasteiger partial charge < -0.3 is 5.32 Å². The highest BCUT2D eigenvalue weighted by Gasteiger charge is 2.07. The molecule has 0 aliphatic rings. The van der Waals surface area contributed by atoms with Gasteiger partial charge in [-0.3, -0.25) is 4.79 Å². The highest BCUT2D eigenvalue weighted by atomic mass is 35.5. The minimum Gasteiger partial charge on any atom is -0.322 e. The zero-order valence-electron chi connectivity index (χ0n) is 12.1. The molecule has 0 heterocycles. The molecule has 2 aromatic carbocycles. The summed E-state index contributed by atoms with van der Waals surface area (Å²) in [7, 11) is 0. The number of carbonyl (C=O) groups excluding carboxylic acids is 1. The summed E-state index contributed by atoms with van der Waals surface area (Å²) in [6.07, 6.45) is 3.27. The lowest BCUT2D eigenvalue weighted by Crippen LogP contribution is -2.10. The minimum atomic E-state index is -0.150. The van der Waals surface area contributed by atoms with Gasteiger partial charge in [0.2, 0.25) is 5.91 Å². The lowest BCUT2D eigenvalue weighted by atomic mass is 10.0. The van der Waals surface area contributed by atoms with Crippen molar-refractivity contribution < 1.29 is 4.79 Å². The van der Waals surface area contributed by atoms with Crippen LogP contribution in [-0.4, -0.2) is 5.91 Å². The predicted octanol–water partition coefficient (Wildman–Crippen LogP) is 5.12. The first kappa shape index (κ1) is 15.3. The van der Waals surface area contributed by atoms with E-state index in [9.17, 15) is 4.79 Å². The van der Waals surface area contributed by atoms with Crippen LogP contribution >= 0.6 is 11.6 Å². The average Bonchev–Trinajstić information content (AvgIpc) is 2.45. The third-order valence-electron chi connectivity index (χ3n) is 3.12. The standard InChI is InChI=1S/C18H18ClNO/c1-13(2)16-8-3-4-9-17(16)20-18(21)11-10-14-6-5-7-15(19)12-14/h3-13H,1-2H3,(H,20,21)/b11-10+. The van der Waals surface area contributed by atoms with Crippen molar-refractivity contribution in [3.05, 3.63) is 70.8 Å². The number of hydrogen-bond donors (Lipinski definition) is 1. The van der Waals surface area contributed by atoms with E-state index in [1.54, 1.807) is 12.1 Å². The molecule has 3 heteroatoms. The van der Waals surface area contributed by atoms with E-state index in [4.69, 9.17) is 11.6 Å². The van der Waals surface area contributed by atoms with Gasteiger partial charge in [-0.05, 0) is 41.3 Å². The molecule has 0 aliphatic carbocycles. The second kappa shape index (κ2) is 7.09. The van der Waals surface area contributed by atoms with Gasteiger partial charge in [-0.25, -0.2) is 0 Å². The van der Waals surface area contributed by atoms with Gasteiger partial charge in [0.25, 0.3) is 0 Å². The lowest BCUT2D eigenvalue weighted by Gasteiger charge is -2.12. The van der Waals surface area contributed by atoms with Gasteiger partial charge in [-0.1, -0.05) is 55.8 Å². The monoisotopic (exact) mass is 299 g/mol. The molecule has 2 aromatic rings. The molecule has 0 saturated heterocycles. The Hall–Kier alpha value is -2.06. The summed E-state index contributed by atoms with van der Waals surface area (Å²) in [6.45, 7) is 4.21. The first-order valence-corrected chi connectivity index (χ1v) is 7.27. The second-order valence-electron chi connectivity index (χ2n) is 5.12. The maximum absolute atomic E-state index is 12.0. The molecule has 2 rings (SSSR count). The average molecular weight is 300 g/mol. The number of hydrogen-bond acceptors (Lipinski definition) is 1. The Labute approximate surface area is 130 Å². The van der Waals surface area contributed by atoms with E-state index in [-0.39, 0.29) is 5.91 Å². The summed E-state index contributed by atoms with van der Waals surface area (Å²) < 4.78 is 0. The van der Waals surface area contributed by atoms with Crippen LogP contribution in [0.25, 0.3) is 6.08 Å². The number of benzene rings is 2. The lowest BCUT2D eigenvalue weighted by molar-refractivity contribution is -0.111. The molecule has 0 atom stereocenters. The number of amides is 1. The van der Waals surface area contributed by atoms with Gasteiger partial charge in [0.15, 0.2) is 0 Å². The van der Waals surface area contributed by atoms with Crippen LogP contribution in [0.1, 0.15) is 30.9 Å². The Balaban J connectivity index is 2.09. The van der Waals surface area contributed by atoms with Crippen LogP contribution in [-0.2, 0) is 4.79 Å². The Morgan fingerprint density at radius 2 is 1.90 bits per heavy atom. The molecule has 0 bridgehead atoms. The van der Waals surface area contributed by atoms with E-state index >= 15 is 0 Å². The predicted molar refractivity (Wildman–Crippen MR) is 89.6 cm³/mol. The largest absolute Gasteiger partial charge is 0.322 e. The van der Waals surface area contributed by atoms with Crippen molar-refractivity contribution in [2.24, 2.45) is 0 Å². The molecular weight excluding hydrogens is 282 g/mol. The number of anilines is 1. The van der Waals surface area contributed by atoms with Gasteiger partial charge >= 0.3 is 0 Å². The summed E-state index contributed by atoms with van der Waals surface area (Å²) in [5.41, 5.74) is 2.88. The van der Waals surface area contributed by atoms with Crippen LogP contribution in [0, 0.1) is 0 Å². The fourth-order valence-corrected chi connectivity index (χ4v) is 2.27. The highest BCUT2D eigenvalue weighted by Crippen LogP contribution is 2.23. The molecule has 0 fully saturated rings. The molecule has 0 spiro atoms. The fraction of sp³-hybridized carbons (Fsp3) is 0.167. The summed E-state index contributed by atoms with van der Waals surface area (Å²) in [5.74, 6) is 0.210. The Morgan fingerprint density at radius 3 is 2.62 bits per heavy atom. The maximum Gasteiger partial charge on any atom is 0.248 e. The van der Waals surface area contributed by atoms with E-state index in [2.05, 4.69) is 19.2 Å². The topological polar surface area (TPSA) is 29.1 Å². The van der Waals surface area contributed by atoms with Gasteiger partial charge in [0, 0.05) is 16.8 Å². The van der Waals surface area contributed by atoms with E-state index in [1.165, 1.54) is 6.08 Å². The van der Waals surface area contributed by atoms with Crippen molar-refractivity contribution in [1.29, 1.82) is 0 Å². The summed E-state index contributed by atoms with van der Waals surface area (Å²) in [6, 6.07) is 15.2. The zero-order valence-corrected chi connectivity index (χ0v) is 12.9. The summed E-state index contributed by atoms with van der Waals surface area (Å²) in [5, 5.41) is 3.57. The van der Waals surface area contributed by atoms with Crippen molar-refractivity contribution in [3.8, 4) is 0 Å². The Kier molecular flexibility index (Phi) is 5.18. The fourth-order valence-electron chi connectivity index (χ4n) is 2.07. The van der Waals surface area contributed by atoms with E-state index < -0.39 is 0 Å². The van der Waals surface area contributed by atoms with E-state index in [0.29, 0.717) is 10.9 Å². The van der Waals surface area contributed by atoms with Crippen molar-refractivity contribution in [2.75, 3.05) is 5.32 Å². The van der Waals surface area contributed by atoms with Crippen molar-refractivity contribution in [2.45, 2.75) is 19.8 Å². The van der Waals surface area contributed by atoms with Gasteiger partial charge in [-0.2, -0.15) is 0 Å². The number of nitrogens with one attached hydrogen (secondary N) is 1. The van der Waals surface area contributed by atoms with Crippen LogP contribution in [0.5, 0.6) is 0 Å².